The second-order valence-corrected chi connectivity index (χ2v) is 13.1. The lowest BCUT2D eigenvalue weighted by atomic mass is 10.0. The minimum absolute atomic E-state index is 0.0493. The average molecular weight is 690 g/mol. The fourth-order valence-corrected chi connectivity index (χ4v) is 5.39. The molecule has 51 heavy (non-hydrogen) atoms. The molecule has 0 fully saturated rings. The SMILES string of the molecule is CC(C)(C)OC(=O)N[C@@H](Cc1ccc(OCc2ccccc2)cc1)C(=O)NC(=O)N[C@@H](Cc1c[nH]c2ccccc12)C(=O)NCc1ccccc1. The molecule has 5 aromatic rings. The quantitative estimate of drug-likeness (QED) is 0.103. The van der Waals surface area contributed by atoms with Gasteiger partial charge in [0.05, 0.1) is 0 Å². The van der Waals surface area contributed by atoms with Crippen LogP contribution in [0.2, 0.25) is 0 Å². The zero-order valence-corrected chi connectivity index (χ0v) is 28.9. The molecule has 0 aliphatic rings. The predicted molar refractivity (Wildman–Crippen MR) is 195 cm³/mol. The van der Waals surface area contributed by atoms with Gasteiger partial charge in [-0.1, -0.05) is 91.0 Å². The molecule has 264 valence electrons. The summed E-state index contributed by atoms with van der Waals surface area (Å²) in [5, 5.41) is 11.4. The molecular weight excluding hydrogens is 646 g/mol. The van der Waals surface area contributed by atoms with Gasteiger partial charge in [0, 0.05) is 36.5 Å². The van der Waals surface area contributed by atoms with Crippen LogP contribution in [0.1, 0.15) is 43.0 Å². The monoisotopic (exact) mass is 689 g/mol. The summed E-state index contributed by atoms with van der Waals surface area (Å²) in [6.07, 6.45) is 1.19. The number of alkyl carbamates (subject to hydrolysis) is 1. The van der Waals surface area contributed by atoms with Crippen LogP contribution in [-0.2, 0) is 40.3 Å². The van der Waals surface area contributed by atoms with Gasteiger partial charge in [-0.25, -0.2) is 9.59 Å². The van der Waals surface area contributed by atoms with Crippen LogP contribution < -0.4 is 26.0 Å². The van der Waals surface area contributed by atoms with Crippen molar-refractivity contribution in [3.8, 4) is 5.75 Å². The second-order valence-electron chi connectivity index (χ2n) is 13.1. The maximum absolute atomic E-state index is 13.6. The third-order valence-corrected chi connectivity index (χ3v) is 7.89. The molecule has 0 radical (unpaired) electrons. The molecule has 0 aliphatic heterocycles. The largest absolute Gasteiger partial charge is 0.489 e. The highest BCUT2D eigenvalue weighted by atomic mass is 16.6. The Morgan fingerprint density at radius 1 is 0.686 bits per heavy atom. The molecule has 0 unspecified atom stereocenters. The van der Waals surface area contributed by atoms with E-state index in [-0.39, 0.29) is 19.4 Å². The van der Waals surface area contributed by atoms with Crippen LogP contribution in [0.4, 0.5) is 9.59 Å². The van der Waals surface area contributed by atoms with Gasteiger partial charge in [0.1, 0.15) is 30.0 Å². The van der Waals surface area contributed by atoms with Crippen LogP contribution in [0, 0.1) is 0 Å². The van der Waals surface area contributed by atoms with Crippen LogP contribution in [0.3, 0.4) is 0 Å². The summed E-state index contributed by atoms with van der Waals surface area (Å²) in [6.45, 7) is 5.77. The van der Waals surface area contributed by atoms with Crippen LogP contribution >= 0.6 is 0 Å². The van der Waals surface area contributed by atoms with Crippen molar-refractivity contribution >= 4 is 34.8 Å². The zero-order valence-electron chi connectivity index (χ0n) is 28.9. The number of aromatic amines is 1. The van der Waals surface area contributed by atoms with Gasteiger partial charge in [0.2, 0.25) is 5.91 Å². The topological polar surface area (TPSA) is 151 Å². The standard InChI is InChI=1S/C40H43N5O6/c1-40(2,3)51-39(49)44-34(22-27-18-20-31(21-19-27)50-26-29-14-8-5-9-15-29)37(47)45-38(48)43-35(36(46)42-24-28-12-6-4-7-13-28)23-30-25-41-33-17-11-10-16-32(30)33/h4-21,25,34-35,41H,22-24,26H2,1-3H3,(H,42,46)(H,44,49)(H2,43,45,47,48)/t34-,35-/m0/s1. The molecule has 0 saturated heterocycles. The van der Waals surface area contributed by atoms with Crippen molar-refractivity contribution in [2.75, 3.05) is 0 Å². The Kier molecular flexibility index (Phi) is 12.1. The lowest BCUT2D eigenvalue weighted by Crippen LogP contribution is -2.56. The number of hydrogen-bond acceptors (Lipinski definition) is 6. The Bertz CT molecular complexity index is 1920. The molecular formula is C40H43N5O6. The highest BCUT2D eigenvalue weighted by Crippen LogP contribution is 2.20. The van der Waals surface area contributed by atoms with Gasteiger partial charge in [0.15, 0.2) is 0 Å². The third kappa shape index (κ3) is 11.2. The first-order valence-corrected chi connectivity index (χ1v) is 16.8. The van der Waals surface area contributed by atoms with E-state index in [0.717, 1.165) is 27.6 Å². The molecule has 0 spiro atoms. The number of para-hydroxylation sites is 1. The molecule has 0 saturated carbocycles. The normalized spacial score (nSPS) is 12.3. The summed E-state index contributed by atoms with van der Waals surface area (Å²) in [5.74, 6) is -0.571. The fraction of sp³-hybridized carbons (Fsp3) is 0.250. The summed E-state index contributed by atoms with van der Waals surface area (Å²) in [6, 6.07) is 30.8. The minimum Gasteiger partial charge on any atom is -0.489 e. The van der Waals surface area contributed by atoms with Crippen molar-refractivity contribution in [1.82, 2.24) is 26.3 Å². The van der Waals surface area contributed by atoms with Gasteiger partial charge in [-0.3, -0.25) is 14.9 Å². The van der Waals surface area contributed by atoms with Crippen LogP contribution in [0.5, 0.6) is 5.75 Å². The maximum Gasteiger partial charge on any atom is 0.408 e. The van der Waals surface area contributed by atoms with Crippen molar-refractivity contribution in [2.45, 2.75) is 64.4 Å². The van der Waals surface area contributed by atoms with E-state index in [4.69, 9.17) is 9.47 Å². The van der Waals surface area contributed by atoms with Crippen molar-refractivity contribution in [2.24, 2.45) is 0 Å². The number of fused-ring (bicyclic) bond motifs is 1. The first kappa shape index (κ1) is 36.2. The van der Waals surface area contributed by atoms with Gasteiger partial charge in [0.25, 0.3) is 5.91 Å². The van der Waals surface area contributed by atoms with Crippen LogP contribution in [0.15, 0.2) is 115 Å². The first-order chi connectivity index (χ1) is 24.5. The fourth-order valence-electron chi connectivity index (χ4n) is 5.39. The molecule has 11 heteroatoms. The Morgan fingerprint density at radius 2 is 1.31 bits per heavy atom. The van der Waals surface area contributed by atoms with E-state index < -0.39 is 41.6 Å². The number of H-pyrrole nitrogens is 1. The van der Waals surface area contributed by atoms with E-state index in [0.29, 0.717) is 17.9 Å². The number of hydrogen-bond donors (Lipinski definition) is 5. The van der Waals surface area contributed by atoms with Gasteiger partial charge < -0.3 is 30.4 Å². The Balaban J connectivity index is 1.27. The summed E-state index contributed by atoms with van der Waals surface area (Å²) >= 11 is 0. The smallest absolute Gasteiger partial charge is 0.408 e. The molecule has 5 amide bonds. The number of carbonyl (C=O) groups is 4. The highest BCUT2D eigenvalue weighted by molar-refractivity contribution is 6.00. The maximum atomic E-state index is 13.6. The van der Waals surface area contributed by atoms with Crippen molar-refractivity contribution in [3.05, 3.63) is 138 Å². The molecule has 1 heterocycles. The minimum atomic E-state index is -1.18. The highest BCUT2D eigenvalue weighted by Gasteiger charge is 2.28. The molecule has 0 aliphatic carbocycles. The molecule has 2 atom stereocenters. The second kappa shape index (κ2) is 17.0. The number of nitrogens with one attached hydrogen (secondary N) is 5. The lowest BCUT2D eigenvalue weighted by molar-refractivity contribution is -0.124. The van der Waals surface area contributed by atoms with E-state index in [1.807, 2.05) is 84.9 Å². The van der Waals surface area contributed by atoms with Crippen molar-refractivity contribution in [3.63, 3.8) is 0 Å². The van der Waals surface area contributed by atoms with Crippen LogP contribution in [-0.4, -0.2) is 46.6 Å². The molecule has 0 bridgehead atoms. The number of imide groups is 1. The van der Waals surface area contributed by atoms with Gasteiger partial charge >= 0.3 is 12.1 Å². The number of rotatable bonds is 13. The first-order valence-electron chi connectivity index (χ1n) is 16.8. The molecule has 11 nitrogen and oxygen atoms in total. The number of aromatic nitrogens is 1. The Morgan fingerprint density at radius 3 is 2.00 bits per heavy atom. The summed E-state index contributed by atoms with van der Waals surface area (Å²) in [7, 11) is 0. The third-order valence-electron chi connectivity index (χ3n) is 7.89. The predicted octanol–water partition coefficient (Wildman–Crippen LogP) is 5.94. The van der Waals surface area contributed by atoms with E-state index in [2.05, 4.69) is 26.3 Å². The number of benzene rings is 4. The van der Waals surface area contributed by atoms with E-state index in [9.17, 15) is 19.2 Å². The summed E-state index contributed by atoms with van der Waals surface area (Å²) in [5.41, 5.74) is 3.51. The zero-order chi connectivity index (χ0) is 36.2. The van der Waals surface area contributed by atoms with Crippen molar-refractivity contribution < 1.29 is 28.7 Å². The molecule has 5 rings (SSSR count). The molecule has 1 aromatic heterocycles. The number of ether oxygens (including phenoxy) is 2. The number of amides is 5. The van der Waals surface area contributed by atoms with E-state index in [1.165, 1.54) is 0 Å². The number of carbonyl (C=O) groups excluding carboxylic acids is 4. The van der Waals surface area contributed by atoms with E-state index in [1.54, 1.807) is 51.2 Å². The van der Waals surface area contributed by atoms with Crippen LogP contribution in [0.25, 0.3) is 10.9 Å². The summed E-state index contributed by atoms with van der Waals surface area (Å²) < 4.78 is 11.3. The Hall–Kier alpha value is -6.10. The number of urea groups is 1. The van der Waals surface area contributed by atoms with Gasteiger partial charge in [-0.15, -0.1) is 0 Å². The van der Waals surface area contributed by atoms with Gasteiger partial charge in [-0.2, -0.15) is 0 Å². The Labute approximate surface area is 297 Å². The average Bonchev–Trinajstić information content (AvgIpc) is 3.52. The molecule has 4 aromatic carbocycles. The lowest BCUT2D eigenvalue weighted by Gasteiger charge is -2.24. The van der Waals surface area contributed by atoms with E-state index >= 15 is 0 Å². The van der Waals surface area contributed by atoms with Gasteiger partial charge in [-0.05, 0) is 61.2 Å². The van der Waals surface area contributed by atoms with Crippen molar-refractivity contribution in [1.29, 1.82) is 0 Å². The summed E-state index contributed by atoms with van der Waals surface area (Å²) in [4.78, 5) is 56.4. The molecule has 5 N–H and O–H groups in total.